The molecule has 1 heterocycles. The van der Waals surface area contributed by atoms with Crippen molar-refractivity contribution in [3.8, 4) is 39.1 Å². The van der Waals surface area contributed by atoms with Crippen LogP contribution in [0.15, 0.2) is 230 Å². The summed E-state index contributed by atoms with van der Waals surface area (Å²) in [5.74, 6) is 0. The molecule has 1 aromatic heterocycles. The lowest BCUT2D eigenvalue weighted by atomic mass is 9.93. The van der Waals surface area contributed by atoms with Gasteiger partial charge in [0.2, 0.25) is 0 Å². The summed E-state index contributed by atoms with van der Waals surface area (Å²) in [6.45, 7) is 0. The Kier molecular flexibility index (Phi) is 6.98. The first-order chi connectivity index (χ1) is 30.8. The van der Waals surface area contributed by atoms with E-state index in [1.165, 1.54) is 43.4 Å². The van der Waals surface area contributed by atoms with Gasteiger partial charge in [0.25, 0.3) is 0 Å². The van der Waals surface area contributed by atoms with Crippen LogP contribution in [0.1, 0.15) is 6.85 Å². The Labute approximate surface area is 345 Å². The summed E-state index contributed by atoms with van der Waals surface area (Å²) >= 11 is 0. The van der Waals surface area contributed by atoms with Crippen LogP contribution < -0.4 is 4.90 Å². The van der Waals surface area contributed by atoms with E-state index in [0.29, 0.717) is 5.56 Å². The molecule has 0 saturated carbocycles. The van der Waals surface area contributed by atoms with Gasteiger partial charge in [0.1, 0.15) is 0 Å². The lowest BCUT2D eigenvalue weighted by Crippen LogP contribution is -2.09. The van der Waals surface area contributed by atoms with E-state index in [1.807, 2.05) is 24.3 Å². The minimum atomic E-state index is -0.404. The molecule has 0 unspecified atom stereocenters. The SMILES string of the molecule is [2H]c1c([2H])c([2H])c(-c2ccc(N(c3ccc(-c4cccc(-n5c6ccccc6c6ccccc65)c4)cc3)c3ccc(-c4cc5ccccc5c5ccccc45)cc3)cc2)c([2H])c1[2H]. The van der Waals surface area contributed by atoms with Crippen LogP contribution in [0.4, 0.5) is 17.1 Å². The zero-order valence-electron chi connectivity index (χ0n) is 36.4. The van der Waals surface area contributed by atoms with Crippen molar-refractivity contribution >= 4 is 60.4 Å². The van der Waals surface area contributed by atoms with Crippen LogP contribution in [-0.2, 0) is 0 Å². The Hall–Kier alpha value is -7.68. The largest absolute Gasteiger partial charge is 0.311 e. The zero-order valence-corrected chi connectivity index (χ0v) is 31.4. The molecule has 2 heteroatoms. The normalized spacial score (nSPS) is 12.7. The van der Waals surface area contributed by atoms with Crippen molar-refractivity contribution in [1.29, 1.82) is 0 Å². The van der Waals surface area contributed by atoms with E-state index in [-0.39, 0.29) is 29.7 Å². The number of hydrogen-bond acceptors (Lipinski definition) is 1. The highest BCUT2D eigenvalue weighted by molar-refractivity contribution is 6.14. The molecule has 0 bridgehead atoms. The topological polar surface area (TPSA) is 8.17 Å². The number of nitrogens with zero attached hydrogens (tertiary/aromatic N) is 2. The van der Waals surface area contributed by atoms with Crippen LogP contribution in [0.2, 0.25) is 0 Å². The van der Waals surface area contributed by atoms with Gasteiger partial charge in [-0.1, -0.05) is 164 Å². The van der Waals surface area contributed by atoms with Crippen LogP contribution >= 0.6 is 0 Å². The molecular weight excluding hydrogens is 701 g/mol. The number of aromatic nitrogens is 1. The molecule has 2 nitrogen and oxygen atoms in total. The second-order valence-electron chi connectivity index (χ2n) is 14.6. The lowest BCUT2D eigenvalue weighted by molar-refractivity contribution is 1.18. The maximum absolute atomic E-state index is 8.60. The van der Waals surface area contributed by atoms with Gasteiger partial charge in [0.15, 0.2) is 0 Å². The first kappa shape index (κ1) is 28.7. The predicted molar refractivity (Wildman–Crippen MR) is 247 cm³/mol. The number of fused-ring (bicyclic) bond motifs is 6. The van der Waals surface area contributed by atoms with Gasteiger partial charge in [-0.2, -0.15) is 0 Å². The van der Waals surface area contributed by atoms with E-state index in [1.54, 1.807) is 0 Å². The Morgan fingerprint density at radius 1 is 0.345 bits per heavy atom. The zero-order chi connectivity index (χ0) is 42.8. The van der Waals surface area contributed by atoms with Gasteiger partial charge in [-0.3, -0.25) is 0 Å². The minimum absolute atomic E-state index is 0.179. The van der Waals surface area contributed by atoms with Gasteiger partial charge in [-0.15, -0.1) is 0 Å². The standard InChI is InChI=1S/C56H38N2/c1-2-13-39(14-3-1)40-25-31-45(32-26-40)57(47-35-29-42(30-36-47)54-38-44-15-4-5-18-49(44)50-19-6-7-20-51(50)54)46-33-27-41(28-34-46)43-16-12-17-48(37-43)58-55-23-10-8-21-52(55)53-22-9-11-24-56(53)58/h1-38H/i1D,2D,3D,13D,14D. The van der Waals surface area contributed by atoms with Gasteiger partial charge in [0.05, 0.1) is 17.9 Å². The van der Waals surface area contributed by atoms with Crippen LogP contribution in [0.3, 0.4) is 0 Å². The summed E-state index contributed by atoms with van der Waals surface area (Å²) in [6, 6.07) is 68.4. The third-order valence-corrected chi connectivity index (χ3v) is 11.3. The second-order valence-corrected chi connectivity index (χ2v) is 14.6. The summed E-state index contributed by atoms with van der Waals surface area (Å²) in [7, 11) is 0. The van der Waals surface area contributed by atoms with Crippen molar-refractivity contribution in [2.24, 2.45) is 0 Å². The van der Waals surface area contributed by atoms with Crippen molar-refractivity contribution in [3.63, 3.8) is 0 Å². The monoisotopic (exact) mass is 743 g/mol. The van der Waals surface area contributed by atoms with Gasteiger partial charge in [-0.05, 0) is 122 Å². The molecule has 11 rings (SSSR count). The average Bonchev–Trinajstić information content (AvgIpc) is 3.68. The summed E-state index contributed by atoms with van der Waals surface area (Å²) < 4.78 is 44.1. The number of rotatable bonds is 7. The summed E-state index contributed by atoms with van der Waals surface area (Å²) in [4.78, 5) is 2.19. The molecule has 10 aromatic carbocycles. The molecule has 272 valence electrons. The van der Waals surface area contributed by atoms with E-state index in [2.05, 4.69) is 185 Å². The minimum Gasteiger partial charge on any atom is -0.311 e. The maximum atomic E-state index is 8.60. The molecule has 0 atom stereocenters. The highest BCUT2D eigenvalue weighted by Crippen LogP contribution is 2.40. The number of para-hydroxylation sites is 2. The number of hydrogen-bond donors (Lipinski definition) is 0. The van der Waals surface area contributed by atoms with Crippen molar-refractivity contribution in [3.05, 3.63) is 230 Å². The first-order valence-electron chi connectivity index (χ1n) is 22.0. The quantitative estimate of drug-likeness (QED) is 0.148. The fraction of sp³-hybridized carbons (Fsp3) is 0. The lowest BCUT2D eigenvalue weighted by Gasteiger charge is -2.26. The van der Waals surface area contributed by atoms with E-state index in [9.17, 15) is 0 Å². The fourth-order valence-corrected chi connectivity index (χ4v) is 8.53. The van der Waals surface area contributed by atoms with Crippen molar-refractivity contribution in [2.75, 3.05) is 4.90 Å². The van der Waals surface area contributed by atoms with E-state index in [4.69, 9.17) is 6.85 Å². The molecule has 0 N–H and O–H groups in total. The Balaban J connectivity index is 0.999. The molecule has 0 saturated heterocycles. The smallest absolute Gasteiger partial charge is 0.0629 e. The molecule has 0 aliphatic heterocycles. The molecule has 0 amide bonds. The Morgan fingerprint density at radius 3 is 1.47 bits per heavy atom. The van der Waals surface area contributed by atoms with Crippen LogP contribution in [0, 0.1) is 0 Å². The molecule has 11 aromatic rings. The van der Waals surface area contributed by atoms with Crippen LogP contribution in [-0.4, -0.2) is 4.57 Å². The number of benzene rings is 10. The molecule has 0 radical (unpaired) electrons. The van der Waals surface area contributed by atoms with Crippen LogP contribution in [0.25, 0.3) is 82.4 Å². The molecule has 0 spiro atoms. The molecule has 0 fully saturated rings. The highest BCUT2D eigenvalue weighted by atomic mass is 15.1. The van der Waals surface area contributed by atoms with Gasteiger partial charge in [-0.25, -0.2) is 0 Å². The Morgan fingerprint density at radius 2 is 0.845 bits per heavy atom. The number of anilines is 3. The van der Waals surface area contributed by atoms with Gasteiger partial charge < -0.3 is 9.47 Å². The summed E-state index contributed by atoms with van der Waals surface area (Å²) in [6.07, 6.45) is 0. The highest BCUT2D eigenvalue weighted by Gasteiger charge is 2.16. The average molecular weight is 744 g/mol. The molecule has 58 heavy (non-hydrogen) atoms. The van der Waals surface area contributed by atoms with E-state index in [0.717, 1.165) is 45.0 Å². The fourth-order valence-electron chi connectivity index (χ4n) is 8.53. The third kappa shape index (κ3) is 5.82. The van der Waals surface area contributed by atoms with E-state index < -0.39 is 6.04 Å². The van der Waals surface area contributed by atoms with E-state index >= 15 is 0 Å². The molecule has 0 aliphatic rings. The molecular formula is C56H38N2. The maximum Gasteiger partial charge on any atom is 0.0629 e. The van der Waals surface area contributed by atoms with Crippen molar-refractivity contribution < 1.29 is 6.85 Å². The predicted octanol–water partition coefficient (Wildman–Crippen LogP) is 15.6. The summed E-state index contributed by atoms with van der Waals surface area (Å²) in [5.41, 5.74) is 11.3. The van der Waals surface area contributed by atoms with Crippen molar-refractivity contribution in [2.45, 2.75) is 0 Å². The van der Waals surface area contributed by atoms with Crippen molar-refractivity contribution in [1.82, 2.24) is 4.57 Å². The Bertz CT molecular complexity index is 3480. The first-order valence-corrected chi connectivity index (χ1v) is 19.5. The van der Waals surface area contributed by atoms with Gasteiger partial charge >= 0.3 is 0 Å². The third-order valence-electron chi connectivity index (χ3n) is 11.3. The molecule has 0 aliphatic carbocycles. The van der Waals surface area contributed by atoms with Gasteiger partial charge in [0, 0.05) is 33.5 Å². The second kappa shape index (κ2) is 14.1. The van der Waals surface area contributed by atoms with Crippen LogP contribution in [0.5, 0.6) is 0 Å². The summed E-state index contributed by atoms with van der Waals surface area (Å²) in [5, 5.41) is 7.29.